The van der Waals surface area contributed by atoms with Gasteiger partial charge in [-0.25, -0.2) is 4.98 Å². The number of nitrogen functional groups attached to an aromatic ring is 1. The summed E-state index contributed by atoms with van der Waals surface area (Å²) in [5.74, 6) is 0.394. The minimum absolute atomic E-state index is 0.0916. The number of aromatic nitrogens is 2. The van der Waals surface area contributed by atoms with Gasteiger partial charge >= 0.3 is 0 Å². The van der Waals surface area contributed by atoms with Crippen molar-refractivity contribution in [1.82, 2.24) is 9.97 Å². The first-order chi connectivity index (χ1) is 6.66. The number of anilines is 2. The summed E-state index contributed by atoms with van der Waals surface area (Å²) in [7, 11) is 0. The van der Waals surface area contributed by atoms with Crippen LogP contribution >= 0.6 is 0 Å². The molecule has 76 valence electrons. The Hall–Kier alpha value is -1.56. The van der Waals surface area contributed by atoms with Gasteiger partial charge in [0.2, 0.25) is 0 Å². The summed E-state index contributed by atoms with van der Waals surface area (Å²) in [5.41, 5.74) is 5.26. The van der Waals surface area contributed by atoms with Crippen molar-refractivity contribution in [1.29, 1.82) is 0 Å². The highest BCUT2D eigenvalue weighted by Gasteiger charge is 2.27. The molecule has 1 saturated carbocycles. The van der Waals surface area contributed by atoms with Crippen LogP contribution < -0.4 is 16.6 Å². The molecule has 1 heterocycles. The molecule has 6 nitrogen and oxygen atoms in total. The molecule has 1 aliphatic carbocycles. The standard InChI is InChI=1S/C8H12N4O2/c9-6-7(10-3-11-8(6)14)12-4-1-5(13)2-4/h3-5,13H,1-2,9H2,(H2,10,11,12,14). The average Bonchev–Trinajstić information content (AvgIpc) is 2.10. The van der Waals surface area contributed by atoms with Crippen molar-refractivity contribution in [2.24, 2.45) is 0 Å². The van der Waals surface area contributed by atoms with Crippen molar-refractivity contribution in [3.8, 4) is 0 Å². The zero-order chi connectivity index (χ0) is 10.1. The molecule has 0 atom stereocenters. The molecule has 0 saturated heterocycles. The Kier molecular flexibility index (Phi) is 2.12. The third-order valence-corrected chi connectivity index (χ3v) is 2.34. The highest BCUT2D eigenvalue weighted by Crippen LogP contribution is 2.23. The number of aromatic amines is 1. The second-order valence-electron chi connectivity index (χ2n) is 3.46. The Labute approximate surface area is 80.2 Å². The first kappa shape index (κ1) is 9.01. The summed E-state index contributed by atoms with van der Waals surface area (Å²) < 4.78 is 0. The lowest BCUT2D eigenvalue weighted by Gasteiger charge is -2.32. The van der Waals surface area contributed by atoms with Crippen LogP contribution in [0.15, 0.2) is 11.1 Å². The van der Waals surface area contributed by atoms with E-state index in [0.29, 0.717) is 18.7 Å². The van der Waals surface area contributed by atoms with Crippen molar-refractivity contribution in [2.75, 3.05) is 11.1 Å². The fraction of sp³-hybridized carbons (Fsp3) is 0.500. The van der Waals surface area contributed by atoms with Gasteiger partial charge in [-0.1, -0.05) is 0 Å². The van der Waals surface area contributed by atoms with Gasteiger partial charge < -0.3 is 21.1 Å². The van der Waals surface area contributed by atoms with E-state index in [9.17, 15) is 4.79 Å². The van der Waals surface area contributed by atoms with E-state index in [1.165, 1.54) is 6.33 Å². The Balaban J connectivity index is 2.10. The normalized spacial score (nSPS) is 25.5. The van der Waals surface area contributed by atoms with Crippen LogP contribution in [0.1, 0.15) is 12.8 Å². The lowest BCUT2D eigenvalue weighted by molar-refractivity contribution is 0.0835. The predicted molar refractivity (Wildman–Crippen MR) is 51.9 cm³/mol. The third-order valence-electron chi connectivity index (χ3n) is 2.34. The molecule has 0 aromatic carbocycles. The van der Waals surface area contributed by atoms with E-state index in [4.69, 9.17) is 10.8 Å². The SMILES string of the molecule is Nc1c(NC2CC(O)C2)nc[nH]c1=O. The van der Waals surface area contributed by atoms with E-state index in [2.05, 4.69) is 15.3 Å². The predicted octanol–water partition coefficient (Wildman–Crippen LogP) is -0.713. The zero-order valence-corrected chi connectivity index (χ0v) is 7.53. The maximum absolute atomic E-state index is 11.1. The summed E-state index contributed by atoms with van der Waals surface area (Å²) in [6, 6.07) is 0.168. The summed E-state index contributed by atoms with van der Waals surface area (Å²) in [4.78, 5) is 17.4. The summed E-state index contributed by atoms with van der Waals surface area (Å²) in [5, 5.41) is 12.1. The quantitative estimate of drug-likeness (QED) is 0.500. The van der Waals surface area contributed by atoms with E-state index >= 15 is 0 Å². The number of nitrogens with two attached hydrogens (primary N) is 1. The molecular weight excluding hydrogens is 184 g/mol. The number of hydrogen-bond acceptors (Lipinski definition) is 5. The second kappa shape index (κ2) is 3.30. The number of nitrogens with one attached hydrogen (secondary N) is 2. The molecule has 5 N–H and O–H groups in total. The number of H-pyrrole nitrogens is 1. The molecule has 0 spiro atoms. The van der Waals surface area contributed by atoms with Crippen LogP contribution in [-0.4, -0.2) is 27.2 Å². The van der Waals surface area contributed by atoms with Crippen LogP contribution in [0.3, 0.4) is 0 Å². The Morgan fingerprint density at radius 3 is 3.00 bits per heavy atom. The number of hydrogen-bond donors (Lipinski definition) is 4. The Bertz CT molecular complexity index is 383. The van der Waals surface area contributed by atoms with Gasteiger partial charge in [0.25, 0.3) is 5.56 Å². The first-order valence-corrected chi connectivity index (χ1v) is 4.44. The summed E-state index contributed by atoms with van der Waals surface area (Å²) in [6.07, 6.45) is 2.41. The number of aliphatic hydroxyl groups excluding tert-OH is 1. The van der Waals surface area contributed by atoms with Gasteiger partial charge in [-0.2, -0.15) is 0 Å². The molecule has 0 bridgehead atoms. The summed E-state index contributed by atoms with van der Waals surface area (Å²) in [6.45, 7) is 0. The van der Waals surface area contributed by atoms with Gasteiger partial charge in [-0.05, 0) is 12.8 Å². The van der Waals surface area contributed by atoms with Gasteiger partial charge in [0.15, 0.2) is 5.82 Å². The largest absolute Gasteiger partial charge is 0.393 e. The van der Waals surface area contributed by atoms with Gasteiger partial charge in [0.1, 0.15) is 5.69 Å². The second-order valence-corrected chi connectivity index (χ2v) is 3.46. The van der Waals surface area contributed by atoms with E-state index in [-0.39, 0.29) is 23.4 Å². The van der Waals surface area contributed by atoms with E-state index in [1.54, 1.807) is 0 Å². The van der Waals surface area contributed by atoms with Crippen LogP contribution in [0, 0.1) is 0 Å². The molecule has 0 radical (unpaired) electrons. The monoisotopic (exact) mass is 196 g/mol. The Morgan fingerprint density at radius 2 is 2.36 bits per heavy atom. The van der Waals surface area contributed by atoms with Crippen molar-refractivity contribution in [3.05, 3.63) is 16.7 Å². The smallest absolute Gasteiger partial charge is 0.276 e. The van der Waals surface area contributed by atoms with Crippen molar-refractivity contribution in [2.45, 2.75) is 25.0 Å². The van der Waals surface area contributed by atoms with Gasteiger partial charge in [0.05, 0.1) is 12.4 Å². The van der Waals surface area contributed by atoms with Crippen LogP contribution in [0.25, 0.3) is 0 Å². The van der Waals surface area contributed by atoms with E-state index in [0.717, 1.165) is 0 Å². The topological polar surface area (TPSA) is 104 Å². The van der Waals surface area contributed by atoms with Crippen LogP contribution in [-0.2, 0) is 0 Å². The van der Waals surface area contributed by atoms with Crippen molar-refractivity contribution < 1.29 is 5.11 Å². The van der Waals surface area contributed by atoms with E-state index < -0.39 is 0 Å². The zero-order valence-electron chi connectivity index (χ0n) is 7.53. The fourth-order valence-corrected chi connectivity index (χ4v) is 1.42. The third kappa shape index (κ3) is 1.56. The molecule has 6 heteroatoms. The van der Waals surface area contributed by atoms with Crippen LogP contribution in [0.2, 0.25) is 0 Å². The van der Waals surface area contributed by atoms with Gasteiger partial charge in [-0.3, -0.25) is 4.79 Å². The maximum atomic E-state index is 11.1. The molecule has 14 heavy (non-hydrogen) atoms. The molecule has 1 aromatic heterocycles. The molecule has 2 rings (SSSR count). The van der Waals surface area contributed by atoms with Crippen molar-refractivity contribution in [3.63, 3.8) is 0 Å². The lowest BCUT2D eigenvalue weighted by atomic mass is 9.89. The van der Waals surface area contributed by atoms with Gasteiger partial charge in [-0.15, -0.1) is 0 Å². The minimum atomic E-state index is -0.345. The number of rotatable bonds is 2. The molecular formula is C8H12N4O2. The summed E-state index contributed by atoms with van der Waals surface area (Å²) >= 11 is 0. The van der Waals surface area contributed by atoms with Crippen LogP contribution in [0.5, 0.6) is 0 Å². The highest BCUT2D eigenvalue weighted by atomic mass is 16.3. The lowest BCUT2D eigenvalue weighted by Crippen LogP contribution is -2.39. The molecule has 0 unspecified atom stereocenters. The average molecular weight is 196 g/mol. The maximum Gasteiger partial charge on any atom is 0.276 e. The molecule has 1 aliphatic rings. The number of nitrogens with zero attached hydrogens (tertiary/aromatic N) is 1. The molecule has 0 amide bonds. The first-order valence-electron chi connectivity index (χ1n) is 4.44. The van der Waals surface area contributed by atoms with Crippen molar-refractivity contribution >= 4 is 11.5 Å². The molecule has 0 aliphatic heterocycles. The van der Waals surface area contributed by atoms with Crippen LogP contribution in [0.4, 0.5) is 11.5 Å². The minimum Gasteiger partial charge on any atom is -0.393 e. The molecule has 1 fully saturated rings. The number of aliphatic hydroxyl groups is 1. The molecule has 1 aromatic rings. The van der Waals surface area contributed by atoms with E-state index in [1.807, 2.05) is 0 Å². The van der Waals surface area contributed by atoms with Gasteiger partial charge in [0, 0.05) is 6.04 Å². The highest BCUT2D eigenvalue weighted by molar-refractivity contribution is 5.59. The fourth-order valence-electron chi connectivity index (χ4n) is 1.42. The Morgan fingerprint density at radius 1 is 1.64 bits per heavy atom.